The quantitative estimate of drug-likeness (QED) is 0.665. The Balaban J connectivity index is 2.25. The maximum atomic E-state index is 12.8. The summed E-state index contributed by atoms with van der Waals surface area (Å²) in [5.74, 6) is -1.01. The number of hydrogen-bond donors (Lipinski definition) is 1. The van der Waals surface area contributed by atoms with Gasteiger partial charge in [0.2, 0.25) is 15.9 Å². The van der Waals surface area contributed by atoms with Crippen LogP contribution in [0, 0.1) is 0 Å². The molecule has 2 rings (SSSR count). The van der Waals surface area contributed by atoms with Gasteiger partial charge in [0.25, 0.3) is 0 Å². The van der Waals surface area contributed by atoms with E-state index in [2.05, 4.69) is 5.32 Å². The summed E-state index contributed by atoms with van der Waals surface area (Å²) in [4.78, 5) is 24.6. The van der Waals surface area contributed by atoms with Crippen molar-refractivity contribution < 1.29 is 22.7 Å². The second-order valence-electron chi connectivity index (χ2n) is 6.55. The first-order valence-electron chi connectivity index (χ1n) is 9.33. The third kappa shape index (κ3) is 5.80. The summed E-state index contributed by atoms with van der Waals surface area (Å²) in [6.07, 6.45) is 1.89. The molecule has 1 N–H and O–H groups in total. The van der Waals surface area contributed by atoms with Crippen LogP contribution in [0.3, 0.4) is 0 Å². The summed E-state index contributed by atoms with van der Waals surface area (Å²) in [5, 5.41) is 2.67. The van der Waals surface area contributed by atoms with Gasteiger partial charge in [-0.05, 0) is 56.2 Å². The molecule has 8 heteroatoms. The number of nitrogens with zero attached hydrogens (tertiary/aromatic N) is 1. The minimum absolute atomic E-state index is 0.243. The fraction of sp³-hybridized carbons (Fsp3) is 0.333. The molecule has 0 saturated heterocycles. The number of aryl methyl sites for hydroxylation is 1. The van der Waals surface area contributed by atoms with Crippen LogP contribution in [0.2, 0.25) is 0 Å². The number of hydrogen-bond acceptors (Lipinski definition) is 5. The van der Waals surface area contributed by atoms with Crippen molar-refractivity contribution in [3.63, 3.8) is 0 Å². The van der Waals surface area contributed by atoms with Gasteiger partial charge in [-0.1, -0.05) is 25.1 Å². The van der Waals surface area contributed by atoms with Crippen molar-refractivity contribution in [1.29, 1.82) is 0 Å². The summed E-state index contributed by atoms with van der Waals surface area (Å²) in [7, 11) is -3.70. The lowest BCUT2D eigenvalue weighted by Gasteiger charge is -2.28. The zero-order chi connectivity index (χ0) is 21.6. The summed E-state index contributed by atoms with van der Waals surface area (Å²) in [6.45, 7) is 5.47. The molecular weight excluding hydrogens is 392 g/mol. The SMILES string of the molecule is CCOC(=O)c1cccc(NC(=O)C(C)N(c2ccc(CC)cc2)S(C)(=O)=O)c1. The standard InChI is InChI=1S/C21H26N2O5S/c1-5-16-10-12-19(13-11-16)23(29(4,26)27)15(3)20(24)22-18-9-7-8-17(14-18)21(25)28-6-2/h7-15H,5-6H2,1-4H3,(H,22,24). The lowest BCUT2D eigenvalue weighted by Crippen LogP contribution is -2.45. The van der Waals surface area contributed by atoms with Gasteiger partial charge in [0, 0.05) is 5.69 Å². The van der Waals surface area contributed by atoms with E-state index in [1.54, 1.807) is 37.3 Å². The minimum Gasteiger partial charge on any atom is -0.462 e. The van der Waals surface area contributed by atoms with Crippen molar-refractivity contribution in [1.82, 2.24) is 0 Å². The van der Waals surface area contributed by atoms with Crippen molar-refractivity contribution >= 4 is 33.3 Å². The van der Waals surface area contributed by atoms with Crippen molar-refractivity contribution in [3.8, 4) is 0 Å². The van der Waals surface area contributed by atoms with E-state index in [1.807, 2.05) is 19.1 Å². The number of carbonyl (C=O) groups excluding carboxylic acids is 2. The van der Waals surface area contributed by atoms with E-state index in [0.717, 1.165) is 22.5 Å². The molecule has 1 unspecified atom stereocenters. The summed E-state index contributed by atoms with van der Waals surface area (Å²) < 4.78 is 30.8. The smallest absolute Gasteiger partial charge is 0.338 e. The monoisotopic (exact) mass is 418 g/mol. The molecule has 0 aliphatic carbocycles. The van der Waals surface area contributed by atoms with Crippen LogP contribution in [0.4, 0.5) is 11.4 Å². The van der Waals surface area contributed by atoms with Gasteiger partial charge in [-0.2, -0.15) is 0 Å². The highest BCUT2D eigenvalue weighted by Crippen LogP contribution is 2.22. The molecule has 0 bridgehead atoms. The highest BCUT2D eigenvalue weighted by Gasteiger charge is 2.29. The number of rotatable bonds is 8. The maximum Gasteiger partial charge on any atom is 0.338 e. The summed E-state index contributed by atoms with van der Waals surface area (Å²) in [6, 6.07) is 12.3. The molecule has 2 aromatic rings. The van der Waals surface area contributed by atoms with Gasteiger partial charge in [-0.25, -0.2) is 13.2 Å². The second-order valence-corrected chi connectivity index (χ2v) is 8.40. The molecule has 0 aromatic heterocycles. The second kappa shape index (κ2) is 9.56. The van der Waals surface area contributed by atoms with E-state index in [-0.39, 0.29) is 6.61 Å². The summed E-state index contributed by atoms with van der Waals surface area (Å²) in [5.41, 5.74) is 2.15. The Morgan fingerprint density at radius 2 is 1.76 bits per heavy atom. The van der Waals surface area contributed by atoms with Crippen molar-refractivity contribution in [2.45, 2.75) is 33.2 Å². The zero-order valence-electron chi connectivity index (χ0n) is 17.0. The number of ether oxygens (including phenoxy) is 1. The van der Waals surface area contributed by atoms with Gasteiger partial charge >= 0.3 is 5.97 Å². The molecular formula is C21H26N2O5S. The van der Waals surface area contributed by atoms with E-state index in [4.69, 9.17) is 4.74 Å². The van der Waals surface area contributed by atoms with Crippen molar-refractivity contribution in [2.24, 2.45) is 0 Å². The fourth-order valence-electron chi connectivity index (χ4n) is 2.87. The zero-order valence-corrected chi connectivity index (χ0v) is 17.8. The van der Waals surface area contributed by atoms with Gasteiger partial charge in [0.1, 0.15) is 6.04 Å². The van der Waals surface area contributed by atoms with E-state index < -0.39 is 27.9 Å². The molecule has 2 aromatic carbocycles. The molecule has 0 aliphatic rings. The predicted molar refractivity (Wildman–Crippen MR) is 114 cm³/mol. The molecule has 0 saturated carbocycles. The number of anilines is 2. The van der Waals surface area contributed by atoms with Crippen LogP contribution in [-0.2, 0) is 26.0 Å². The first kappa shape index (κ1) is 22.4. The molecule has 7 nitrogen and oxygen atoms in total. The van der Waals surface area contributed by atoms with E-state index >= 15 is 0 Å². The third-order valence-corrected chi connectivity index (χ3v) is 5.57. The molecule has 0 radical (unpaired) electrons. The highest BCUT2D eigenvalue weighted by molar-refractivity contribution is 7.92. The van der Waals surface area contributed by atoms with Gasteiger partial charge in [0.05, 0.1) is 24.1 Å². The average Bonchev–Trinajstić information content (AvgIpc) is 2.68. The molecule has 1 atom stereocenters. The number of amides is 1. The predicted octanol–water partition coefficient (Wildman–Crippen LogP) is 3.22. The molecule has 0 fully saturated rings. The van der Waals surface area contributed by atoms with Crippen LogP contribution in [0.15, 0.2) is 48.5 Å². The normalized spacial score (nSPS) is 12.1. The van der Waals surface area contributed by atoms with Crippen LogP contribution in [0.25, 0.3) is 0 Å². The third-order valence-electron chi connectivity index (χ3n) is 4.33. The molecule has 29 heavy (non-hydrogen) atoms. The Kier molecular flexibility index (Phi) is 7.39. The first-order valence-corrected chi connectivity index (χ1v) is 11.2. The maximum absolute atomic E-state index is 12.8. The van der Waals surface area contributed by atoms with E-state index in [0.29, 0.717) is 16.9 Å². The number of sulfonamides is 1. The minimum atomic E-state index is -3.70. The van der Waals surface area contributed by atoms with Gasteiger partial charge in [-0.15, -0.1) is 0 Å². The van der Waals surface area contributed by atoms with Crippen molar-refractivity contribution in [2.75, 3.05) is 22.5 Å². The average molecular weight is 419 g/mol. The number of esters is 1. The molecule has 0 spiro atoms. The Morgan fingerprint density at radius 3 is 2.31 bits per heavy atom. The Bertz CT molecular complexity index is 971. The molecule has 0 heterocycles. The first-order chi connectivity index (χ1) is 13.7. The molecule has 1 amide bonds. The van der Waals surface area contributed by atoms with Crippen LogP contribution < -0.4 is 9.62 Å². The largest absolute Gasteiger partial charge is 0.462 e. The van der Waals surface area contributed by atoms with E-state index in [9.17, 15) is 18.0 Å². The van der Waals surface area contributed by atoms with Gasteiger partial charge in [-0.3, -0.25) is 9.10 Å². The lowest BCUT2D eigenvalue weighted by atomic mass is 10.1. The Labute approximate surface area is 171 Å². The Morgan fingerprint density at radius 1 is 1.10 bits per heavy atom. The van der Waals surface area contributed by atoms with Crippen LogP contribution in [0.1, 0.15) is 36.7 Å². The number of benzene rings is 2. The van der Waals surface area contributed by atoms with Crippen LogP contribution in [-0.4, -0.2) is 39.2 Å². The van der Waals surface area contributed by atoms with Gasteiger partial charge < -0.3 is 10.1 Å². The Hall–Kier alpha value is -2.87. The van der Waals surface area contributed by atoms with Gasteiger partial charge in [0.15, 0.2) is 0 Å². The number of carbonyl (C=O) groups is 2. The molecule has 156 valence electrons. The highest BCUT2D eigenvalue weighted by atomic mass is 32.2. The van der Waals surface area contributed by atoms with E-state index in [1.165, 1.54) is 13.0 Å². The summed E-state index contributed by atoms with van der Waals surface area (Å²) >= 11 is 0. The molecule has 0 aliphatic heterocycles. The topological polar surface area (TPSA) is 92.8 Å². The van der Waals surface area contributed by atoms with Crippen LogP contribution in [0.5, 0.6) is 0 Å². The van der Waals surface area contributed by atoms with Crippen molar-refractivity contribution in [3.05, 3.63) is 59.7 Å². The number of nitrogens with one attached hydrogen (secondary N) is 1. The fourth-order valence-corrected chi connectivity index (χ4v) is 4.05. The lowest BCUT2D eigenvalue weighted by molar-refractivity contribution is -0.116. The van der Waals surface area contributed by atoms with Crippen LogP contribution >= 0.6 is 0 Å².